The van der Waals surface area contributed by atoms with Gasteiger partial charge in [0.2, 0.25) is 11.8 Å². The van der Waals surface area contributed by atoms with E-state index in [1.807, 2.05) is 0 Å². The zero-order chi connectivity index (χ0) is 24.4. The molecule has 34 heavy (non-hydrogen) atoms. The van der Waals surface area contributed by atoms with Crippen molar-refractivity contribution in [3.8, 4) is 0 Å². The molecule has 4 rings (SSSR count). The van der Waals surface area contributed by atoms with Gasteiger partial charge in [0.1, 0.15) is 10.9 Å². The number of nitrogens with one attached hydrogen (secondary N) is 3. The van der Waals surface area contributed by atoms with Crippen molar-refractivity contribution in [3.63, 3.8) is 0 Å². The third-order valence-corrected chi connectivity index (χ3v) is 6.33. The number of hydrogen-bond donors (Lipinski definition) is 4. The van der Waals surface area contributed by atoms with Crippen LogP contribution in [0.3, 0.4) is 0 Å². The van der Waals surface area contributed by atoms with Crippen LogP contribution in [0.2, 0.25) is 0 Å². The van der Waals surface area contributed by atoms with E-state index in [0.717, 1.165) is 21.8 Å². The molecule has 0 saturated carbocycles. The first-order valence-electron chi connectivity index (χ1n) is 10.4. The number of nitrogens with two attached hydrogens (primary N) is 1. The first-order chi connectivity index (χ1) is 16.2. The van der Waals surface area contributed by atoms with E-state index in [1.165, 1.54) is 6.20 Å². The molecule has 7 amide bonds. The Balaban J connectivity index is 1.30. The number of urea groups is 1. The maximum atomic E-state index is 12.9. The lowest BCUT2D eigenvalue weighted by Gasteiger charge is -2.27. The van der Waals surface area contributed by atoms with Crippen molar-refractivity contribution in [2.75, 3.05) is 11.9 Å². The number of amides is 7. The molecule has 1 fully saturated rings. The van der Waals surface area contributed by atoms with Gasteiger partial charge in [-0.25, -0.2) is 9.78 Å². The van der Waals surface area contributed by atoms with Crippen LogP contribution in [-0.4, -0.2) is 58.0 Å². The largest absolute Gasteiger partial charge is 0.365 e. The van der Waals surface area contributed by atoms with Crippen LogP contribution in [-0.2, 0) is 16.0 Å². The fourth-order valence-electron chi connectivity index (χ4n) is 3.76. The van der Waals surface area contributed by atoms with Gasteiger partial charge in [0.05, 0.1) is 17.3 Å². The number of piperidine rings is 1. The minimum absolute atomic E-state index is 0.0600. The normalized spacial score (nSPS) is 17.4. The number of thiazole rings is 1. The molecule has 2 aliphatic rings. The van der Waals surface area contributed by atoms with Crippen LogP contribution in [0, 0.1) is 0 Å². The van der Waals surface area contributed by atoms with Crippen molar-refractivity contribution in [1.82, 2.24) is 20.5 Å². The van der Waals surface area contributed by atoms with Gasteiger partial charge < -0.3 is 11.1 Å². The maximum Gasteiger partial charge on any atom is 0.321 e. The molecule has 5 N–H and O–H groups in total. The molecular weight excluding hydrogens is 464 g/mol. The molecule has 0 bridgehead atoms. The second-order valence-electron chi connectivity index (χ2n) is 7.71. The Hall–Kier alpha value is -4.13. The fourth-order valence-corrected chi connectivity index (χ4v) is 4.42. The summed E-state index contributed by atoms with van der Waals surface area (Å²) in [6, 6.07) is 3.39. The number of aryl methyl sites for hydroxylation is 1. The lowest BCUT2D eigenvalue weighted by Crippen LogP contribution is -2.54. The van der Waals surface area contributed by atoms with Crippen LogP contribution in [0.15, 0.2) is 24.4 Å². The van der Waals surface area contributed by atoms with Crippen LogP contribution in [0.5, 0.6) is 0 Å². The van der Waals surface area contributed by atoms with Gasteiger partial charge in [-0.2, -0.15) is 0 Å². The van der Waals surface area contributed by atoms with Crippen molar-refractivity contribution in [2.45, 2.75) is 31.7 Å². The predicted molar refractivity (Wildman–Crippen MR) is 119 cm³/mol. The third kappa shape index (κ3) is 4.64. The van der Waals surface area contributed by atoms with Crippen LogP contribution >= 0.6 is 11.3 Å². The predicted octanol–water partition coefficient (Wildman–Crippen LogP) is 0.397. The summed E-state index contributed by atoms with van der Waals surface area (Å²) in [5.74, 6) is -2.82. The smallest absolute Gasteiger partial charge is 0.321 e. The van der Waals surface area contributed by atoms with Crippen molar-refractivity contribution >= 4 is 52.0 Å². The Morgan fingerprint density at radius 3 is 2.65 bits per heavy atom. The molecule has 1 aromatic heterocycles. The highest BCUT2D eigenvalue weighted by Gasteiger charge is 2.44. The summed E-state index contributed by atoms with van der Waals surface area (Å²) in [5, 5.41) is 7.58. The average molecular weight is 484 g/mol. The SMILES string of the molecule is NC(=O)c1cnc(NC(=O)NCCCc2ccc3c(c2)C(=O)N(C2CCC(=O)NC2=O)C3=O)s1. The number of carbonyl (C=O) groups is 6. The molecule has 2 aromatic rings. The molecule has 3 heterocycles. The molecule has 1 unspecified atom stereocenters. The highest BCUT2D eigenvalue weighted by Crippen LogP contribution is 2.28. The number of benzene rings is 1. The van der Waals surface area contributed by atoms with Gasteiger partial charge in [0.15, 0.2) is 5.13 Å². The summed E-state index contributed by atoms with van der Waals surface area (Å²) in [6.07, 6.45) is 2.52. The number of hydrogen-bond acceptors (Lipinski definition) is 8. The number of anilines is 1. The van der Waals surface area contributed by atoms with Crippen LogP contribution in [0.1, 0.15) is 55.2 Å². The minimum Gasteiger partial charge on any atom is -0.365 e. The molecule has 0 aliphatic carbocycles. The van der Waals surface area contributed by atoms with Gasteiger partial charge >= 0.3 is 6.03 Å². The average Bonchev–Trinajstić information content (AvgIpc) is 3.35. The Labute approximate surface area is 196 Å². The van der Waals surface area contributed by atoms with E-state index in [4.69, 9.17) is 5.73 Å². The zero-order valence-corrected chi connectivity index (χ0v) is 18.6. The van der Waals surface area contributed by atoms with Crippen LogP contribution in [0.4, 0.5) is 9.93 Å². The highest BCUT2D eigenvalue weighted by atomic mass is 32.1. The van der Waals surface area contributed by atoms with Gasteiger partial charge in [-0.05, 0) is 37.0 Å². The molecule has 12 nitrogen and oxygen atoms in total. The summed E-state index contributed by atoms with van der Waals surface area (Å²) in [5.41, 5.74) is 6.37. The number of fused-ring (bicyclic) bond motifs is 1. The first-order valence-corrected chi connectivity index (χ1v) is 11.2. The quantitative estimate of drug-likeness (QED) is 0.324. The van der Waals surface area contributed by atoms with E-state index in [-0.39, 0.29) is 34.0 Å². The number of imide groups is 2. The number of rotatable bonds is 7. The summed E-state index contributed by atoms with van der Waals surface area (Å²) in [7, 11) is 0. The highest BCUT2D eigenvalue weighted by molar-refractivity contribution is 7.17. The topological polar surface area (TPSA) is 181 Å². The maximum absolute atomic E-state index is 12.9. The van der Waals surface area contributed by atoms with Crippen molar-refractivity contribution < 1.29 is 28.8 Å². The molecule has 1 saturated heterocycles. The lowest BCUT2D eigenvalue weighted by atomic mass is 10.0. The van der Waals surface area contributed by atoms with Crippen molar-refractivity contribution in [1.29, 1.82) is 0 Å². The van der Waals surface area contributed by atoms with E-state index in [0.29, 0.717) is 19.4 Å². The zero-order valence-electron chi connectivity index (χ0n) is 17.8. The third-order valence-electron chi connectivity index (χ3n) is 5.40. The van der Waals surface area contributed by atoms with E-state index < -0.39 is 41.6 Å². The fraction of sp³-hybridized carbons (Fsp3) is 0.286. The van der Waals surface area contributed by atoms with E-state index in [1.54, 1.807) is 18.2 Å². The monoisotopic (exact) mass is 484 g/mol. The Morgan fingerprint density at radius 1 is 1.18 bits per heavy atom. The van der Waals surface area contributed by atoms with E-state index >= 15 is 0 Å². The Bertz CT molecular complexity index is 1220. The number of nitrogens with zero attached hydrogens (tertiary/aromatic N) is 2. The number of primary amides is 1. The summed E-state index contributed by atoms with van der Waals surface area (Å²) in [4.78, 5) is 77.2. The molecule has 13 heteroatoms. The standard InChI is InChI=1S/C21H20N6O6S/c22-16(29)14-9-24-21(34-14)26-20(33)23-7-1-2-10-3-4-11-12(8-10)19(32)27(18(11)31)13-5-6-15(28)25-17(13)30/h3-4,8-9,13H,1-2,5-7H2,(H2,22,29)(H,25,28,30)(H2,23,24,26,33). The van der Waals surface area contributed by atoms with Crippen molar-refractivity contribution in [3.05, 3.63) is 46.0 Å². The molecule has 1 atom stereocenters. The first kappa shape index (κ1) is 23.0. The van der Waals surface area contributed by atoms with Gasteiger partial charge in [-0.3, -0.25) is 39.5 Å². The summed E-state index contributed by atoms with van der Waals surface area (Å²) in [6.45, 7) is 0.326. The molecular formula is C21H20N6O6S. The van der Waals surface area contributed by atoms with E-state index in [9.17, 15) is 28.8 Å². The molecule has 0 radical (unpaired) electrons. The van der Waals surface area contributed by atoms with Gasteiger partial charge in [-0.15, -0.1) is 0 Å². The summed E-state index contributed by atoms with van der Waals surface area (Å²) < 4.78 is 0. The minimum atomic E-state index is -1.01. The molecule has 0 spiro atoms. The van der Waals surface area contributed by atoms with Gasteiger partial charge in [-0.1, -0.05) is 17.4 Å². The molecule has 2 aliphatic heterocycles. The van der Waals surface area contributed by atoms with Gasteiger partial charge in [0.25, 0.3) is 17.7 Å². The van der Waals surface area contributed by atoms with Crippen molar-refractivity contribution in [2.24, 2.45) is 5.73 Å². The summed E-state index contributed by atoms with van der Waals surface area (Å²) >= 11 is 0.965. The molecule has 1 aromatic carbocycles. The Kier molecular flexibility index (Phi) is 6.36. The molecule has 176 valence electrons. The van der Waals surface area contributed by atoms with Crippen LogP contribution < -0.4 is 21.7 Å². The number of carbonyl (C=O) groups excluding carboxylic acids is 6. The Morgan fingerprint density at radius 2 is 1.94 bits per heavy atom. The number of aromatic nitrogens is 1. The van der Waals surface area contributed by atoms with Gasteiger partial charge in [0, 0.05) is 13.0 Å². The second-order valence-corrected chi connectivity index (χ2v) is 8.74. The lowest BCUT2D eigenvalue weighted by molar-refractivity contribution is -0.136. The second kappa shape index (κ2) is 9.39. The van der Waals surface area contributed by atoms with E-state index in [2.05, 4.69) is 20.9 Å². The van der Waals surface area contributed by atoms with Crippen LogP contribution in [0.25, 0.3) is 0 Å².